The van der Waals surface area contributed by atoms with Crippen molar-refractivity contribution in [3.63, 3.8) is 0 Å². The Bertz CT molecular complexity index is 881. The summed E-state index contributed by atoms with van der Waals surface area (Å²) in [5.41, 5.74) is 5.30. The number of benzene rings is 3. The molecule has 0 saturated heterocycles. The van der Waals surface area contributed by atoms with Crippen molar-refractivity contribution in [3.8, 4) is 22.3 Å². The van der Waals surface area contributed by atoms with Crippen molar-refractivity contribution in [1.29, 1.82) is 0 Å². The van der Waals surface area contributed by atoms with Crippen LogP contribution in [0.25, 0.3) is 22.3 Å². The van der Waals surface area contributed by atoms with E-state index in [2.05, 4.69) is 120 Å². The van der Waals surface area contributed by atoms with E-state index in [1.165, 1.54) is 27.6 Å². The lowest BCUT2D eigenvalue weighted by Crippen LogP contribution is -2.31. The average molecular weight is 375 g/mol. The van der Waals surface area contributed by atoms with E-state index in [-0.39, 0.29) is 18.2 Å². The predicted molar refractivity (Wildman–Crippen MR) is 123 cm³/mol. The third kappa shape index (κ3) is 4.33. The molecule has 0 bridgehead atoms. The summed E-state index contributed by atoms with van der Waals surface area (Å²) < 4.78 is 0. The maximum Gasteiger partial charge on any atom is -0.00990 e. The lowest BCUT2D eigenvalue weighted by molar-refractivity contribution is 0.715. The van der Waals surface area contributed by atoms with Crippen molar-refractivity contribution in [2.45, 2.75) is 51.9 Å². The van der Waals surface area contributed by atoms with E-state index < -0.39 is 0 Å². The number of hydrogen-bond donors (Lipinski definition) is 0. The molecule has 1 heteroatoms. The number of hydrogen-bond acceptors (Lipinski definition) is 0. The Morgan fingerprint density at radius 3 is 1.48 bits per heavy atom. The zero-order valence-corrected chi connectivity index (χ0v) is 18.3. The van der Waals surface area contributed by atoms with Gasteiger partial charge >= 0.3 is 0 Å². The molecule has 0 aromatic heterocycles. The first-order chi connectivity index (χ1) is 12.7. The fourth-order valence-corrected chi connectivity index (χ4v) is 8.34. The monoisotopic (exact) mass is 374 g/mol. The van der Waals surface area contributed by atoms with Gasteiger partial charge in [-0.2, -0.15) is 0 Å². The molecule has 0 spiro atoms. The molecular weight excluding hydrogens is 343 g/mol. The Labute approximate surface area is 166 Å². The molecule has 0 radical (unpaired) electrons. The molecular formula is C26H31P. The van der Waals surface area contributed by atoms with Gasteiger partial charge in [-0.3, -0.25) is 0 Å². The summed E-state index contributed by atoms with van der Waals surface area (Å²) in [6, 6.07) is 28.6. The van der Waals surface area contributed by atoms with Crippen molar-refractivity contribution < 1.29 is 0 Å². The molecule has 0 atom stereocenters. The maximum atomic E-state index is 2.39. The standard InChI is InChI=1S/C26H31P/c1-25(2,3)27(26(4,5)6)24-19-13-12-18-23(24)22-17-11-10-16-21(22)20-14-8-7-9-15-20/h7-19H,1-6H3. The fourth-order valence-electron chi connectivity index (χ4n) is 4.21. The van der Waals surface area contributed by atoms with Crippen LogP contribution in [0.15, 0.2) is 78.9 Å². The van der Waals surface area contributed by atoms with Crippen LogP contribution in [0.4, 0.5) is 0 Å². The van der Waals surface area contributed by atoms with Crippen LogP contribution in [0.1, 0.15) is 41.5 Å². The molecule has 0 unspecified atom stereocenters. The predicted octanol–water partition coefficient (Wildman–Crippen LogP) is 7.72. The molecule has 0 nitrogen and oxygen atoms in total. The summed E-state index contributed by atoms with van der Waals surface area (Å²) in [5.74, 6) is 0. The van der Waals surface area contributed by atoms with Crippen LogP contribution in [0.3, 0.4) is 0 Å². The minimum Gasteiger partial charge on any atom is -0.0636 e. The van der Waals surface area contributed by atoms with E-state index in [1.807, 2.05) is 0 Å². The van der Waals surface area contributed by atoms with Crippen molar-refractivity contribution >= 4 is 13.2 Å². The van der Waals surface area contributed by atoms with Gasteiger partial charge in [0.25, 0.3) is 0 Å². The van der Waals surface area contributed by atoms with Crippen LogP contribution in [0.5, 0.6) is 0 Å². The minimum absolute atomic E-state index is 0.241. The third-order valence-electron chi connectivity index (χ3n) is 4.79. The molecule has 0 aliphatic rings. The molecule has 140 valence electrons. The van der Waals surface area contributed by atoms with Crippen molar-refractivity contribution in [3.05, 3.63) is 78.9 Å². The highest BCUT2D eigenvalue weighted by molar-refractivity contribution is 7.68. The second kappa shape index (κ2) is 7.61. The van der Waals surface area contributed by atoms with Gasteiger partial charge in [-0.05, 0) is 37.9 Å². The van der Waals surface area contributed by atoms with E-state index in [0.717, 1.165) is 0 Å². The van der Waals surface area contributed by atoms with Gasteiger partial charge in [0.05, 0.1) is 0 Å². The normalized spacial score (nSPS) is 12.4. The highest BCUT2D eigenvalue weighted by atomic mass is 31.1. The minimum atomic E-state index is -0.364. The molecule has 0 aliphatic heterocycles. The smallest absolute Gasteiger partial charge is 0.00990 e. The van der Waals surface area contributed by atoms with Gasteiger partial charge in [-0.15, -0.1) is 0 Å². The molecule has 0 fully saturated rings. The lowest BCUT2D eigenvalue weighted by atomic mass is 9.95. The quantitative estimate of drug-likeness (QED) is 0.412. The zero-order valence-electron chi connectivity index (χ0n) is 17.5. The summed E-state index contributed by atoms with van der Waals surface area (Å²) in [7, 11) is -0.364. The van der Waals surface area contributed by atoms with E-state index in [4.69, 9.17) is 0 Å². The highest BCUT2D eigenvalue weighted by Gasteiger charge is 2.37. The molecule has 3 rings (SSSR count). The SMILES string of the molecule is CC(C)(C)P(c1ccccc1-c1ccccc1-c1ccccc1)C(C)(C)C. The van der Waals surface area contributed by atoms with E-state index >= 15 is 0 Å². The Hall–Kier alpha value is -1.91. The van der Waals surface area contributed by atoms with Crippen LogP contribution >= 0.6 is 7.92 Å². The Morgan fingerprint density at radius 1 is 0.481 bits per heavy atom. The Morgan fingerprint density at radius 2 is 0.926 bits per heavy atom. The van der Waals surface area contributed by atoms with E-state index in [0.29, 0.717) is 0 Å². The van der Waals surface area contributed by atoms with Gasteiger partial charge in [-0.25, -0.2) is 0 Å². The van der Waals surface area contributed by atoms with E-state index in [9.17, 15) is 0 Å². The van der Waals surface area contributed by atoms with Crippen LogP contribution < -0.4 is 5.30 Å². The topological polar surface area (TPSA) is 0 Å². The molecule has 0 N–H and O–H groups in total. The molecule has 0 aliphatic carbocycles. The Balaban J connectivity index is 2.25. The highest BCUT2D eigenvalue weighted by Crippen LogP contribution is 2.59. The van der Waals surface area contributed by atoms with Crippen LogP contribution in [0, 0.1) is 0 Å². The molecule has 3 aromatic rings. The van der Waals surface area contributed by atoms with Crippen molar-refractivity contribution in [1.82, 2.24) is 0 Å². The van der Waals surface area contributed by atoms with Crippen LogP contribution in [-0.4, -0.2) is 10.3 Å². The van der Waals surface area contributed by atoms with Crippen LogP contribution in [0.2, 0.25) is 0 Å². The molecule has 0 heterocycles. The second-order valence-corrected chi connectivity index (χ2v) is 12.9. The van der Waals surface area contributed by atoms with Crippen molar-refractivity contribution in [2.75, 3.05) is 0 Å². The van der Waals surface area contributed by atoms with E-state index in [1.54, 1.807) is 0 Å². The summed E-state index contributed by atoms with van der Waals surface area (Å²) >= 11 is 0. The first-order valence-electron chi connectivity index (χ1n) is 9.74. The van der Waals surface area contributed by atoms with Gasteiger partial charge in [-0.1, -0.05) is 128 Å². The number of rotatable bonds is 3. The molecule has 3 aromatic carbocycles. The molecule has 0 saturated carbocycles. The van der Waals surface area contributed by atoms with Gasteiger partial charge in [0.15, 0.2) is 0 Å². The van der Waals surface area contributed by atoms with Gasteiger partial charge in [0.2, 0.25) is 0 Å². The van der Waals surface area contributed by atoms with Crippen molar-refractivity contribution in [2.24, 2.45) is 0 Å². The second-order valence-electron chi connectivity index (χ2n) is 9.11. The summed E-state index contributed by atoms with van der Waals surface area (Å²) in [6.07, 6.45) is 0. The van der Waals surface area contributed by atoms with Gasteiger partial charge < -0.3 is 0 Å². The molecule has 27 heavy (non-hydrogen) atoms. The largest absolute Gasteiger partial charge is 0.0636 e. The molecule has 0 amide bonds. The first kappa shape index (κ1) is 19.8. The first-order valence-corrected chi connectivity index (χ1v) is 11.1. The van der Waals surface area contributed by atoms with Gasteiger partial charge in [0, 0.05) is 0 Å². The lowest BCUT2D eigenvalue weighted by Gasteiger charge is -2.42. The summed E-state index contributed by atoms with van der Waals surface area (Å²) in [4.78, 5) is 0. The summed E-state index contributed by atoms with van der Waals surface area (Å²) in [5, 5.41) is 1.99. The third-order valence-corrected chi connectivity index (χ3v) is 8.34. The summed E-state index contributed by atoms with van der Waals surface area (Å²) in [6.45, 7) is 14.4. The maximum absolute atomic E-state index is 2.39. The zero-order chi connectivity index (χ0) is 19.7. The van der Waals surface area contributed by atoms with Crippen LogP contribution in [-0.2, 0) is 0 Å². The average Bonchev–Trinajstić information content (AvgIpc) is 2.61. The Kier molecular flexibility index (Phi) is 5.59. The van der Waals surface area contributed by atoms with Gasteiger partial charge in [0.1, 0.15) is 0 Å². The fraction of sp³-hybridized carbons (Fsp3) is 0.308.